The largest absolute Gasteiger partial charge is 0.496 e. The van der Waals surface area contributed by atoms with Crippen molar-refractivity contribution in [1.29, 1.82) is 0 Å². The number of amides is 2. The van der Waals surface area contributed by atoms with E-state index in [1.54, 1.807) is 56.8 Å². The first-order valence-electron chi connectivity index (χ1n) is 10.8. The van der Waals surface area contributed by atoms with Gasteiger partial charge >= 0.3 is 0 Å². The maximum absolute atomic E-state index is 13.0. The summed E-state index contributed by atoms with van der Waals surface area (Å²) in [5.41, 5.74) is 1.73. The average molecular weight is 492 g/mol. The maximum atomic E-state index is 13.0. The third kappa shape index (κ3) is 5.38. The van der Waals surface area contributed by atoms with Gasteiger partial charge in [-0.1, -0.05) is 36.0 Å². The summed E-state index contributed by atoms with van der Waals surface area (Å²) >= 11 is 1.27. The topological polar surface area (TPSA) is 102 Å². The third-order valence-electron chi connectivity index (χ3n) is 5.39. The number of carbonyl (C=O) groups excluding carboxylic acids is 2. The van der Waals surface area contributed by atoms with Crippen LogP contribution in [0.2, 0.25) is 0 Å². The second-order valence-corrected chi connectivity index (χ2v) is 8.53. The summed E-state index contributed by atoms with van der Waals surface area (Å²) < 4.78 is 12.5. The van der Waals surface area contributed by atoms with Gasteiger partial charge in [-0.25, -0.2) is 0 Å². The van der Waals surface area contributed by atoms with E-state index in [2.05, 4.69) is 15.5 Å². The van der Waals surface area contributed by atoms with Crippen LogP contribution in [0.1, 0.15) is 16.1 Å². The number of benzene rings is 2. The first kappa shape index (κ1) is 24.1. The number of furan rings is 1. The van der Waals surface area contributed by atoms with Crippen LogP contribution in [-0.2, 0) is 18.4 Å². The lowest BCUT2D eigenvalue weighted by molar-refractivity contribution is -0.115. The zero-order chi connectivity index (χ0) is 24.8. The van der Waals surface area contributed by atoms with Crippen LogP contribution in [0.3, 0.4) is 0 Å². The minimum Gasteiger partial charge on any atom is -0.496 e. The number of carbonyl (C=O) groups is 2. The number of rotatable bonds is 9. The highest BCUT2D eigenvalue weighted by molar-refractivity contribution is 7.99. The standard InChI is InChI=1S/C25H25N5O4S/c1-29(20-12-6-4-10-18(20)24(32)26-15-17-9-8-14-34-17)22(31)16-35-25-28-27-23(30(25)2)19-11-5-7-13-21(19)33-3/h4-14H,15-16H2,1-3H3,(H,26,32). The highest BCUT2D eigenvalue weighted by Gasteiger charge is 2.21. The molecule has 0 unspecified atom stereocenters. The van der Waals surface area contributed by atoms with Gasteiger partial charge in [-0.05, 0) is 36.4 Å². The van der Waals surface area contributed by atoms with Gasteiger partial charge in [-0.2, -0.15) is 0 Å². The average Bonchev–Trinajstić information content (AvgIpc) is 3.55. The van der Waals surface area contributed by atoms with E-state index in [0.717, 1.165) is 5.56 Å². The van der Waals surface area contributed by atoms with Crippen molar-refractivity contribution >= 4 is 29.3 Å². The first-order valence-corrected chi connectivity index (χ1v) is 11.8. The molecule has 10 heteroatoms. The molecule has 9 nitrogen and oxygen atoms in total. The van der Waals surface area contributed by atoms with Gasteiger partial charge in [0.15, 0.2) is 11.0 Å². The molecule has 0 saturated carbocycles. The van der Waals surface area contributed by atoms with Crippen LogP contribution in [0.5, 0.6) is 5.75 Å². The van der Waals surface area contributed by atoms with E-state index >= 15 is 0 Å². The molecule has 0 aliphatic rings. The Morgan fingerprint density at radius 2 is 1.86 bits per heavy atom. The summed E-state index contributed by atoms with van der Waals surface area (Å²) in [5.74, 6) is 1.63. The summed E-state index contributed by atoms with van der Waals surface area (Å²) in [7, 11) is 5.10. The van der Waals surface area contributed by atoms with E-state index < -0.39 is 0 Å². The second-order valence-electron chi connectivity index (χ2n) is 7.59. The molecule has 0 saturated heterocycles. The molecule has 0 bridgehead atoms. The monoisotopic (exact) mass is 491 g/mol. The van der Waals surface area contributed by atoms with Crippen LogP contribution in [0, 0.1) is 0 Å². The van der Waals surface area contributed by atoms with Gasteiger partial charge < -0.3 is 23.9 Å². The van der Waals surface area contributed by atoms with E-state index in [0.29, 0.717) is 33.7 Å². The molecule has 1 N–H and O–H groups in total. The molecule has 4 rings (SSSR count). The van der Waals surface area contributed by atoms with E-state index in [4.69, 9.17) is 9.15 Å². The van der Waals surface area contributed by atoms with Crippen LogP contribution in [0.25, 0.3) is 11.4 Å². The summed E-state index contributed by atoms with van der Waals surface area (Å²) in [4.78, 5) is 27.3. The molecule has 2 heterocycles. The number of nitrogens with zero attached hydrogens (tertiary/aromatic N) is 4. The molecule has 0 aliphatic carbocycles. The summed E-state index contributed by atoms with van der Waals surface area (Å²) in [6, 6.07) is 18.1. The Balaban J connectivity index is 1.43. The Hall–Kier alpha value is -4.05. The van der Waals surface area contributed by atoms with E-state index in [9.17, 15) is 9.59 Å². The van der Waals surface area contributed by atoms with Gasteiger partial charge in [0.1, 0.15) is 11.5 Å². The number of hydrogen-bond acceptors (Lipinski definition) is 7. The Kier molecular flexibility index (Phi) is 7.51. The molecule has 0 aliphatic heterocycles. The quantitative estimate of drug-likeness (QED) is 0.356. The lowest BCUT2D eigenvalue weighted by Gasteiger charge is -2.20. The van der Waals surface area contributed by atoms with Crippen LogP contribution in [0.15, 0.2) is 76.5 Å². The predicted octanol–water partition coefficient (Wildman–Crippen LogP) is 3.77. The fourth-order valence-corrected chi connectivity index (χ4v) is 4.32. The van der Waals surface area contributed by atoms with Gasteiger partial charge in [-0.3, -0.25) is 9.59 Å². The van der Waals surface area contributed by atoms with Crippen molar-refractivity contribution in [2.24, 2.45) is 7.05 Å². The molecule has 0 radical (unpaired) electrons. The number of hydrogen-bond donors (Lipinski definition) is 1. The minimum atomic E-state index is -0.293. The Bertz CT molecular complexity index is 1320. The number of thioether (sulfide) groups is 1. The minimum absolute atomic E-state index is 0.122. The SMILES string of the molecule is COc1ccccc1-c1nnc(SCC(=O)N(C)c2ccccc2C(=O)NCc2ccco2)n1C. The second kappa shape index (κ2) is 10.9. The van der Waals surface area contributed by atoms with Gasteiger partial charge in [0.05, 0.1) is 42.5 Å². The Morgan fingerprint density at radius 3 is 2.63 bits per heavy atom. The molecule has 35 heavy (non-hydrogen) atoms. The molecule has 4 aromatic rings. The molecular weight excluding hydrogens is 466 g/mol. The highest BCUT2D eigenvalue weighted by Crippen LogP contribution is 2.30. The summed E-state index contributed by atoms with van der Waals surface area (Å²) in [5, 5.41) is 11.9. The molecule has 0 spiro atoms. The number of anilines is 1. The molecule has 2 aromatic heterocycles. The van der Waals surface area contributed by atoms with Gasteiger partial charge in [0, 0.05) is 14.1 Å². The van der Waals surface area contributed by atoms with Crippen LogP contribution in [-0.4, -0.2) is 46.5 Å². The Morgan fingerprint density at radius 1 is 1.09 bits per heavy atom. The van der Waals surface area contributed by atoms with E-state index in [-0.39, 0.29) is 24.1 Å². The van der Waals surface area contributed by atoms with Crippen molar-refractivity contribution in [3.8, 4) is 17.1 Å². The van der Waals surface area contributed by atoms with Crippen molar-refractivity contribution in [3.05, 3.63) is 78.3 Å². The van der Waals surface area contributed by atoms with Crippen LogP contribution < -0.4 is 15.0 Å². The molecule has 0 fully saturated rings. The van der Waals surface area contributed by atoms with Crippen LogP contribution >= 0.6 is 11.8 Å². The first-order chi connectivity index (χ1) is 17.0. The zero-order valence-corrected chi connectivity index (χ0v) is 20.4. The number of methoxy groups -OCH3 is 1. The molecular formula is C25H25N5O4S. The molecule has 2 aromatic carbocycles. The number of nitrogens with one attached hydrogen (secondary N) is 1. The molecule has 2 amide bonds. The Labute approximate surface area is 207 Å². The fraction of sp³-hybridized carbons (Fsp3) is 0.200. The smallest absolute Gasteiger partial charge is 0.253 e. The normalized spacial score (nSPS) is 10.7. The third-order valence-corrected chi connectivity index (χ3v) is 6.40. The van der Waals surface area contributed by atoms with Crippen molar-refractivity contribution in [1.82, 2.24) is 20.1 Å². The predicted molar refractivity (Wildman–Crippen MR) is 133 cm³/mol. The van der Waals surface area contributed by atoms with Crippen molar-refractivity contribution in [3.63, 3.8) is 0 Å². The molecule has 180 valence electrons. The number of ether oxygens (including phenoxy) is 1. The molecule has 0 atom stereocenters. The van der Waals surface area contributed by atoms with E-state index in [1.807, 2.05) is 35.9 Å². The van der Waals surface area contributed by atoms with Crippen molar-refractivity contribution in [2.75, 3.05) is 24.8 Å². The lowest BCUT2D eigenvalue weighted by atomic mass is 10.1. The number of para-hydroxylation sites is 2. The summed E-state index contributed by atoms with van der Waals surface area (Å²) in [6.45, 7) is 0.258. The van der Waals surface area contributed by atoms with Gasteiger partial charge in [-0.15, -0.1) is 10.2 Å². The van der Waals surface area contributed by atoms with Gasteiger partial charge in [0.2, 0.25) is 5.91 Å². The van der Waals surface area contributed by atoms with Crippen molar-refractivity contribution in [2.45, 2.75) is 11.7 Å². The lowest BCUT2D eigenvalue weighted by Crippen LogP contribution is -2.31. The van der Waals surface area contributed by atoms with Crippen LogP contribution in [0.4, 0.5) is 5.69 Å². The fourth-order valence-electron chi connectivity index (χ4n) is 3.50. The van der Waals surface area contributed by atoms with E-state index in [1.165, 1.54) is 16.7 Å². The van der Waals surface area contributed by atoms with Gasteiger partial charge in [0.25, 0.3) is 5.91 Å². The number of aromatic nitrogens is 3. The maximum Gasteiger partial charge on any atom is 0.253 e. The summed E-state index contributed by atoms with van der Waals surface area (Å²) in [6.07, 6.45) is 1.55. The van der Waals surface area contributed by atoms with Crippen molar-refractivity contribution < 1.29 is 18.7 Å². The highest BCUT2D eigenvalue weighted by atomic mass is 32.2. The zero-order valence-electron chi connectivity index (χ0n) is 19.6.